The smallest absolute Gasteiger partial charge is 0.142 e. The van der Waals surface area contributed by atoms with Crippen molar-refractivity contribution in [1.82, 2.24) is 0 Å². The normalized spacial score (nSPS) is 9.56. The van der Waals surface area contributed by atoms with Gasteiger partial charge in [0.25, 0.3) is 0 Å². The number of ether oxygens (including phenoxy) is 1. The number of anilines is 3. The molecule has 0 heterocycles. The summed E-state index contributed by atoms with van der Waals surface area (Å²) in [5, 5.41) is 12.0. The quantitative estimate of drug-likeness (QED) is 0.808. The highest BCUT2D eigenvalue weighted by Gasteiger charge is 2.05. The predicted octanol–water partition coefficient (Wildman–Crippen LogP) is 2.89. The van der Waals surface area contributed by atoms with Crippen LogP contribution < -0.4 is 15.8 Å². The summed E-state index contributed by atoms with van der Waals surface area (Å²) in [5.41, 5.74) is 8.53. The van der Waals surface area contributed by atoms with Gasteiger partial charge < -0.3 is 15.8 Å². The zero-order chi connectivity index (χ0) is 13.0. The van der Waals surface area contributed by atoms with Gasteiger partial charge in [-0.3, -0.25) is 0 Å². The molecule has 0 fully saturated rings. The van der Waals surface area contributed by atoms with Crippen molar-refractivity contribution in [2.24, 2.45) is 0 Å². The molecule has 0 saturated heterocycles. The number of hydrogen-bond acceptors (Lipinski definition) is 4. The van der Waals surface area contributed by atoms with Crippen molar-refractivity contribution in [3.8, 4) is 11.8 Å². The molecule has 0 aliphatic carbocycles. The molecule has 4 heteroatoms. The third kappa shape index (κ3) is 2.36. The second-order valence-corrected chi connectivity index (χ2v) is 3.74. The van der Waals surface area contributed by atoms with E-state index in [-0.39, 0.29) is 0 Å². The highest BCUT2D eigenvalue weighted by molar-refractivity contribution is 5.76. The Labute approximate surface area is 106 Å². The van der Waals surface area contributed by atoms with Crippen molar-refractivity contribution < 1.29 is 4.74 Å². The Morgan fingerprint density at radius 3 is 2.61 bits per heavy atom. The lowest BCUT2D eigenvalue weighted by Gasteiger charge is -2.12. The summed E-state index contributed by atoms with van der Waals surface area (Å²) in [6, 6.07) is 14.7. The Morgan fingerprint density at radius 1 is 1.17 bits per heavy atom. The Kier molecular flexibility index (Phi) is 3.35. The zero-order valence-electron chi connectivity index (χ0n) is 9.97. The number of para-hydroxylation sites is 2. The van der Waals surface area contributed by atoms with Gasteiger partial charge in [-0.2, -0.15) is 5.26 Å². The first-order valence-corrected chi connectivity index (χ1v) is 5.44. The molecule has 0 atom stereocenters. The van der Waals surface area contributed by atoms with Crippen LogP contribution in [-0.2, 0) is 0 Å². The first-order chi connectivity index (χ1) is 8.74. The maximum absolute atomic E-state index is 8.78. The summed E-state index contributed by atoms with van der Waals surface area (Å²) in [6.45, 7) is 0. The van der Waals surface area contributed by atoms with Crippen LogP contribution in [0, 0.1) is 11.3 Å². The van der Waals surface area contributed by atoms with Crippen LogP contribution >= 0.6 is 0 Å². The van der Waals surface area contributed by atoms with Crippen LogP contribution in [0.4, 0.5) is 17.1 Å². The lowest BCUT2D eigenvalue weighted by molar-refractivity contribution is 0.417. The molecule has 4 nitrogen and oxygen atoms in total. The molecule has 90 valence electrons. The van der Waals surface area contributed by atoms with E-state index in [1.807, 2.05) is 30.3 Å². The van der Waals surface area contributed by atoms with E-state index in [1.54, 1.807) is 25.3 Å². The monoisotopic (exact) mass is 239 g/mol. The van der Waals surface area contributed by atoms with Crippen molar-refractivity contribution in [3.05, 3.63) is 48.0 Å². The molecule has 0 aliphatic heterocycles. The fraction of sp³-hybridized carbons (Fsp3) is 0.0714. The summed E-state index contributed by atoms with van der Waals surface area (Å²) in [7, 11) is 1.61. The van der Waals surface area contributed by atoms with Crippen LogP contribution in [0.1, 0.15) is 5.56 Å². The van der Waals surface area contributed by atoms with Crippen LogP contribution in [0.5, 0.6) is 5.75 Å². The number of nitriles is 1. The molecule has 3 N–H and O–H groups in total. The van der Waals surface area contributed by atoms with E-state index >= 15 is 0 Å². The minimum atomic E-state index is 0.528. The molecule has 0 saturated carbocycles. The maximum atomic E-state index is 8.78. The molecule has 18 heavy (non-hydrogen) atoms. The molecule has 0 radical (unpaired) electrons. The molecule has 0 bridgehead atoms. The topological polar surface area (TPSA) is 71.1 Å². The van der Waals surface area contributed by atoms with Crippen molar-refractivity contribution in [3.63, 3.8) is 0 Å². The Bertz CT molecular complexity index is 602. The number of nitrogens with two attached hydrogens (primary N) is 1. The van der Waals surface area contributed by atoms with Gasteiger partial charge in [0.2, 0.25) is 0 Å². The summed E-state index contributed by atoms with van der Waals surface area (Å²) < 4.78 is 5.25. The molecule has 0 spiro atoms. The largest absolute Gasteiger partial charge is 0.495 e. The highest BCUT2D eigenvalue weighted by atomic mass is 16.5. The third-order valence-electron chi connectivity index (χ3n) is 2.56. The second kappa shape index (κ2) is 5.11. The first kappa shape index (κ1) is 11.8. The van der Waals surface area contributed by atoms with Gasteiger partial charge in [-0.25, -0.2) is 0 Å². The lowest BCUT2D eigenvalue weighted by Crippen LogP contribution is -1.98. The molecule has 0 aromatic heterocycles. The Hall–Kier alpha value is -2.67. The van der Waals surface area contributed by atoms with Crippen molar-refractivity contribution >= 4 is 17.1 Å². The van der Waals surface area contributed by atoms with E-state index in [2.05, 4.69) is 5.32 Å². The van der Waals surface area contributed by atoms with Gasteiger partial charge >= 0.3 is 0 Å². The van der Waals surface area contributed by atoms with Gasteiger partial charge in [0.05, 0.1) is 35.8 Å². The summed E-state index contributed by atoms with van der Waals surface area (Å²) in [6.07, 6.45) is 0. The highest BCUT2D eigenvalue weighted by Crippen LogP contribution is 2.30. The number of rotatable bonds is 3. The minimum absolute atomic E-state index is 0.528. The van der Waals surface area contributed by atoms with Crippen molar-refractivity contribution in [1.29, 1.82) is 5.26 Å². The third-order valence-corrected chi connectivity index (χ3v) is 2.56. The number of nitrogens with one attached hydrogen (secondary N) is 1. The van der Waals surface area contributed by atoms with Crippen LogP contribution in [0.15, 0.2) is 42.5 Å². The maximum Gasteiger partial charge on any atom is 0.142 e. The van der Waals surface area contributed by atoms with Crippen LogP contribution in [0.2, 0.25) is 0 Å². The first-order valence-electron chi connectivity index (χ1n) is 5.44. The van der Waals surface area contributed by atoms with Crippen molar-refractivity contribution in [2.45, 2.75) is 0 Å². The van der Waals surface area contributed by atoms with Gasteiger partial charge in [-0.1, -0.05) is 12.1 Å². The van der Waals surface area contributed by atoms with E-state index in [0.717, 1.165) is 17.1 Å². The number of nitrogens with zero attached hydrogens (tertiary/aromatic N) is 1. The molecule has 0 aliphatic rings. The van der Waals surface area contributed by atoms with Crippen molar-refractivity contribution in [2.75, 3.05) is 18.2 Å². The fourth-order valence-corrected chi connectivity index (χ4v) is 1.64. The SMILES string of the molecule is COc1ccccc1Nc1ccc(C#N)cc1N. The molecule has 2 rings (SSSR count). The number of nitrogen functional groups attached to an aromatic ring is 1. The second-order valence-electron chi connectivity index (χ2n) is 3.74. The summed E-state index contributed by atoms with van der Waals surface area (Å²) in [4.78, 5) is 0. The Balaban J connectivity index is 2.32. The predicted molar refractivity (Wildman–Crippen MR) is 71.8 cm³/mol. The molecular formula is C14H13N3O. The number of hydrogen-bond donors (Lipinski definition) is 2. The lowest BCUT2D eigenvalue weighted by atomic mass is 10.2. The number of methoxy groups -OCH3 is 1. The van der Waals surface area contributed by atoms with Gasteiger partial charge in [0.1, 0.15) is 5.75 Å². The zero-order valence-corrected chi connectivity index (χ0v) is 9.97. The summed E-state index contributed by atoms with van der Waals surface area (Å²) >= 11 is 0. The molecule has 0 amide bonds. The van der Waals surface area contributed by atoms with Crippen LogP contribution in [0.25, 0.3) is 0 Å². The molecule has 0 unspecified atom stereocenters. The van der Waals surface area contributed by atoms with Gasteiger partial charge in [-0.15, -0.1) is 0 Å². The standard InChI is InChI=1S/C14H13N3O/c1-18-14-5-3-2-4-13(14)17-12-7-6-10(9-15)8-11(12)16/h2-8,17H,16H2,1H3. The average molecular weight is 239 g/mol. The van der Waals surface area contributed by atoms with Gasteiger partial charge in [0.15, 0.2) is 0 Å². The average Bonchev–Trinajstić information content (AvgIpc) is 2.41. The fourth-order valence-electron chi connectivity index (χ4n) is 1.64. The van der Waals surface area contributed by atoms with Crippen LogP contribution in [-0.4, -0.2) is 7.11 Å². The van der Waals surface area contributed by atoms with E-state index in [0.29, 0.717) is 11.3 Å². The van der Waals surface area contributed by atoms with E-state index in [4.69, 9.17) is 15.7 Å². The van der Waals surface area contributed by atoms with E-state index in [9.17, 15) is 0 Å². The number of benzene rings is 2. The minimum Gasteiger partial charge on any atom is -0.495 e. The summed E-state index contributed by atoms with van der Waals surface area (Å²) in [5.74, 6) is 0.737. The molecule has 2 aromatic rings. The van der Waals surface area contributed by atoms with E-state index < -0.39 is 0 Å². The van der Waals surface area contributed by atoms with Gasteiger partial charge in [0, 0.05) is 0 Å². The molecule has 2 aromatic carbocycles. The van der Waals surface area contributed by atoms with Crippen LogP contribution in [0.3, 0.4) is 0 Å². The molecular weight excluding hydrogens is 226 g/mol. The van der Waals surface area contributed by atoms with Gasteiger partial charge in [-0.05, 0) is 30.3 Å². The van der Waals surface area contributed by atoms with E-state index in [1.165, 1.54) is 0 Å². The Morgan fingerprint density at radius 2 is 1.94 bits per heavy atom.